The lowest BCUT2D eigenvalue weighted by Crippen LogP contribution is -2.41. The third-order valence-electron chi connectivity index (χ3n) is 4.68. The van der Waals surface area contributed by atoms with E-state index in [0.29, 0.717) is 31.5 Å². The summed E-state index contributed by atoms with van der Waals surface area (Å²) < 4.78 is 0. The second-order valence-corrected chi connectivity index (χ2v) is 7.57. The average Bonchev–Trinajstić information content (AvgIpc) is 3.16. The van der Waals surface area contributed by atoms with E-state index in [1.54, 1.807) is 0 Å². The lowest BCUT2D eigenvalue weighted by molar-refractivity contribution is -0.132. The molecule has 1 saturated carbocycles. The Bertz CT molecular complexity index is 334. The van der Waals surface area contributed by atoms with Crippen LogP contribution >= 0.6 is 0 Å². The number of hydrogen-bond acceptors (Lipinski definition) is 3. The number of likely N-dealkylation sites (tertiary alicyclic amines) is 1. The second-order valence-electron chi connectivity index (χ2n) is 7.57. The third kappa shape index (κ3) is 4.74. The van der Waals surface area contributed by atoms with Crippen LogP contribution in [0.1, 0.15) is 52.9 Å². The van der Waals surface area contributed by atoms with Crippen molar-refractivity contribution in [3.05, 3.63) is 0 Å². The van der Waals surface area contributed by atoms with Crippen molar-refractivity contribution in [1.82, 2.24) is 10.2 Å². The van der Waals surface area contributed by atoms with Crippen LogP contribution in [0.25, 0.3) is 0 Å². The van der Waals surface area contributed by atoms with Crippen LogP contribution in [-0.4, -0.2) is 47.7 Å². The van der Waals surface area contributed by atoms with Crippen molar-refractivity contribution in [3.8, 4) is 0 Å². The molecule has 2 rings (SSSR count). The van der Waals surface area contributed by atoms with Gasteiger partial charge >= 0.3 is 0 Å². The molecular weight excluding hydrogens is 252 g/mol. The largest absolute Gasteiger partial charge is 0.390 e. The number of nitrogens with zero attached hydrogens (tertiary/aromatic N) is 1. The Balaban J connectivity index is 1.79. The number of carbonyl (C=O) groups is 1. The molecule has 0 aromatic carbocycles. The molecule has 0 radical (unpaired) electrons. The Morgan fingerprint density at radius 1 is 1.30 bits per heavy atom. The minimum atomic E-state index is -0.439. The van der Waals surface area contributed by atoms with Crippen LogP contribution in [0.15, 0.2) is 0 Å². The smallest absolute Gasteiger partial charge is 0.222 e. The van der Waals surface area contributed by atoms with Gasteiger partial charge in [0.05, 0.1) is 6.10 Å². The van der Waals surface area contributed by atoms with E-state index in [0.717, 1.165) is 19.4 Å². The fraction of sp³-hybridized carbons (Fsp3) is 0.938. The summed E-state index contributed by atoms with van der Waals surface area (Å²) in [7, 11) is 0. The summed E-state index contributed by atoms with van der Waals surface area (Å²) in [5, 5.41) is 13.4. The van der Waals surface area contributed by atoms with Gasteiger partial charge in [-0.25, -0.2) is 0 Å². The Morgan fingerprint density at radius 2 is 2.00 bits per heavy atom. The Kier molecular flexibility index (Phi) is 5.08. The third-order valence-corrected chi connectivity index (χ3v) is 4.68. The highest BCUT2D eigenvalue weighted by molar-refractivity contribution is 5.76. The van der Waals surface area contributed by atoms with Crippen LogP contribution in [0, 0.1) is 11.3 Å². The zero-order chi connectivity index (χ0) is 14.8. The van der Waals surface area contributed by atoms with Crippen molar-refractivity contribution in [1.29, 1.82) is 0 Å². The Labute approximate surface area is 122 Å². The van der Waals surface area contributed by atoms with Crippen molar-refractivity contribution >= 4 is 5.91 Å². The second kappa shape index (κ2) is 6.44. The molecule has 0 aromatic heterocycles. The highest BCUT2D eigenvalue weighted by Gasteiger charge is 2.30. The highest BCUT2D eigenvalue weighted by atomic mass is 16.3. The first-order chi connectivity index (χ1) is 9.36. The van der Waals surface area contributed by atoms with Crippen molar-refractivity contribution < 1.29 is 9.90 Å². The van der Waals surface area contributed by atoms with Crippen LogP contribution in [0.2, 0.25) is 0 Å². The number of aliphatic hydroxyl groups is 1. The fourth-order valence-corrected chi connectivity index (χ4v) is 3.00. The maximum absolute atomic E-state index is 12.2. The lowest BCUT2D eigenvalue weighted by atomic mass is 9.77. The van der Waals surface area contributed by atoms with Gasteiger partial charge in [-0.1, -0.05) is 20.8 Å². The van der Waals surface area contributed by atoms with Crippen molar-refractivity contribution in [2.45, 2.75) is 65.0 Å². The molecule has 116 valence electrons. The monoisotopic (exact) mass is 282 g/mol. The quantitative estimate of drug-likeness (QED) is 0.808. The molecule has 1 aliphatic carbocycles. The molecule has 4 heteroatoms. The predicted octanol–water partition coefficient (Wildman–Crippen LogP) is 1.77. The number of hydrogen-bond donors (Lipinski definition) is 2. The molecule has 2 fully saturated rings. The summed E-state index contributed by atoms with van der Waals surface area (Å²) >= 11 is 0. The molecular formula is C16H30N2O2. The van der Waals surface area contributed by atoms with Gasteiger partial charge in [0, 0.05) is 32.1 Å². The molecule has 4 nitrogen and oxygen atoms in total. The molecule has 2 N–H and O–H groups in total. The van der Waals surface area contributed by atoms with E-state index < -0.39 is 6.10 Å². The molecule has 0 spiro atoms. The highest BCUT2D eigenvalue weighted by Crippen LogP contribution is 2.34. The number of rotatable bonds is 5. The van der Waals surface area contributed by atoms with E-state index in [2.05, 4.69) is 26.1 Å². The molecule has 0 bridgehead atoms. The zero-order valence-corrected chi connectivity index (χ0v) is 13.2. The van der Waals surface area contributed by atoms with Gasteiger partial charge in [0.25, 0.3) is 0 Å². The summed E-state index contributed by atoms with van der Waals surface area (Å²) in [5.41, 5.74) is 0.266. The standard InChI is InChI=1S/C16H30N2O2/c1-16(2,3)12-4-7-15(20)18(9-8-12)11-14(19)10-17-13-5-6-13/h12-14,17,19H,4-11H2,1-3H3. The van der Waals surface area contributed by atoms with Gasteiger partial charge < -0.3 is 15.3 Å². The number of amides is 1. The van der Waals surface area contributed by atoms with E-state index in [-0.39, 0.29) is 11.3 Å². The molecule has 1 amide bonds. The van der Waals surface area contributed by atoms with E-state index in [9.17, 15) is 9.90 Å². The Morgan fingerprint density at radius 3 is 2.60 bits per heavy atom. The van der Waals surface area contributed by atoms with Crippen LogP contribution < -0.4 is 5.32 Å². The summed E-state index contributed by atoms with van der Waals surface area (Å²) in [6.07, 6.45) is 4.68. The van der Waals surface area contributed by atoms with Gasteiger partial charge in [0.1, 0.15) is 0 Å². The van der Waals surface area contributed by atoms with Crippen molar-refractivity contribution in [2.75, 3.05) is 19.6 Å². The van der Waals surface area contributed by atoms with Crippen LogP contribution in [0.3, 0.4) is 0 Å². The van der Waals surface area contributed by atoms with E-state index in [1.807, 2.05) is 4.90 Å². The van der Waals surface area contributed by atoms with Gasteiger partial charge in [-0.15, -0.1) is 0 Å². The normalized spacial score (nSPS) is 26.5. The fourth-order valence-electron chi connectivity index (χ4n) is 3.00. The molecule has 2 atom stereocenters. The van der Waals surface area contributed by atoms with Gasteiger partial charge in [-0.05, 0) is 37.0 Å². The molecule has 1 saturated heterocycles. The average molecular weight is 282 g/mol. The summed E-state index contributed by atoms with van der Waals surface area (Å²) in [6, 6.07) is 0.606. The van der Waals surface area contributed by atoms with Gasteiger partial charge in [0.2, 0.25) is 5.91 Å². The number of β-amino-alcohol motifs (C(OH)–C–C–N with tert-alkyl or cyclic N) is 1. The van der Waals surface area contributed by atoms with E-state index in [1.165, 1.54) is 12.8 Å². The molecule has 2 unspecified atom stereocenters. The number of carbonyl (C=O) groups excluding carboxylic acids is 1. The minimum absolute atomic E-state index is 0.210. The van der Waals surface area contributed by atoms with Gasteiger partial charge in [-0.3, -0.25) is 4.79 Å². The topological polar surface area (TPSA) is 52.6 Å². The van der Waals surface area contributed by atoms with Gasteiger partial charge in [0.15, 0.2) is 0 Å². The first-order valence-electron chi connectivity index (χ1n) is 8.05. The summed E-state index contributed by atoms with van der Waals surface area (Å²) in [4.78, 5) is 14.0. The SMILES string of the molecule is CC(C)(C)C1CCC(=O)N(CC(O)CNC2CC2)CC1. The molecule has 2 aliphatic rings. The number of aliphatic hydroxyl groups excluding tert-OH is 1. The first kappa shape index (κ1) is 15.8. The summed E-state index contributed by atoms with van der Waals surface area (Å²) in [5.74, 6) is 0.806. The Hall–Kier alpha value is -0.610. The first-order valence-corrected chi connectivity index (χ1v) is 8.05. The van der Waals surface area contributed by atoms with E-state index in [4.69, 9.17) is 0 Å². The van der Waals surface area contributed by atoms with Gasteiger partial charge in [-0.2, -0.15) is 0 Å². The molecule has 1 heterocycles. The zero-order valence-electron chi connectivity index (χ0n) is 13.2. The maximum Gasteiger partial charge on any atom is 0.222 e. The lowest BCUT2D eigenvalue weighted by Gasteiger charge is -2.30. The minimum Gasteiger partial charge on any atom is -0.390 e. The molecule has 20 heavy (non-hydrogen) atoms. The summed E-state index contributed by atoms with van der Waals surface area (Å²) in [6.45, 7) is 8.65. The van der Waals surface area contributed by atoms with Crippen molar-refractivity contribution in [2.24, 2.45) is 11.3 Å². The van der Waals surface area contributed by atoms with E-state index >= 15 is 0 Å². The number of nitrogens with one attached hydrogen (secondary N) is 1. The molecule has 0 aromatic rings. The van der Waals surface area contributed by atoms with Crippen LogP contribution in [-0.2, 0) is 4.79 Å². The maximum atomic E-state index is 12.2. The predicted molar refractivity (Wildman–Crippen MR) is 80.4 cm³/mol. The molecule has 1 aliphatic heterocycles. The van der Waals surface area contributed by atoms with Crippen LogP contribution in [0.5, 0.6) is 0 Å². The van der Waals surface area contributed by atoms with Crippen molar-refractivity contribution in [3.63, 3.8) is 0 Å². The van der Waals surface area contributed by atoms with Crippen LogP contribution in [0.4, 0.5) is 0 Å².